The Morgan fingerprint density at radius 2 is 1.13 bits per heavy atom. The highest BCUT2D eigenvalue weighted by atomic mass is 32.1. The quantitative estimate of drug-likeness (QED) is 0.178. The summed E-state index contributed by atoms with van der Waals surface area (Å²) in [6.07, 6.45) is 0. The Hall–Kier alpha value is -6.95. The van der Waals surface area contributed by atoms with Crippen LogP contribution in [0, 0.1) is 0 Å². The minimum Gasteiger partial charge on any atom is -0.309 e. The molecule has 252 valence electrons. The number of hydrogen-bond acceptors (Lipinski definition) is 4. The molecule has 0 saturated carbocycles. The van der Waals surface area contributed by atoms with Crippen LogP contribution in [0.25, 0.3) is 104 Å². The van der Waals surface area contributed by atoms with Crippen LogP contribution in [0.15, 0.2) is 182 Å². The highest BCUT2D eigenvalue weighted by Crippen LogP contribution is 2.38. The summed E-state index contributed by atoms with van der Waals surface area (Å²) >= 11 is 1.73. The zero-order valence-electron chi connectivity index (χ0n) is 37.3. The van der Waals surface area contributed by atoms with Gasteiger partial charge in [0, 0.05) is 53.3 Å². The molecule has 0 N–H and O–H groups in total. The van der Waals surface area contributed by atoms with Crippen LogP contribution in [0.1, 0.15) is 12.3 Å². The van der Waals surface area contributed by atoms with Crippen LogP contribution in [0.3, 0.4) is 0 Å². The number of fused-ring (bicyclic) bond motifs is 7. The van der Waals surface area contributed by atoms with E-state index in [1.165, 1.54) is 4.70 Å². The number of hydrogen-bond donors (Lipinski definition) is 0. The number of benzene rings is 8. The van der Waals surface area contributed by atoms with Crippen LogP contribution in [0.2, 0.25) is 0 Å². The molecule has 11 rings (SSSR count). The van der Waals surface area contributed by atoms with E-state index in [0.717, 1.165) is 37.4 Å². The average Bonchev–Trinajstić information content (AvgIpc) is 3.87. The summed E-state index contributed by atoms with van der Waals surface area (Å²) in [6, 6.07) is 37.5. The molecule has 0 spiro atoms. The van der Waals surface area contributed by atoms with Gasteiger partial charge in [-0.15, -0.1) is 11.3 Å². The summed E-state index contributed by atoms with van der Waals surface area (Å²) in [6.45, 7) is 0. The SMILES string of the molecule is [2H]c1c([2H])c([2H])c(-c2ccc3c4c([2H])c([2H])c([2H])c([2H])c4n(-c4cccc(-c5nc(-c6ccc7sc8ccccc8c7c6)nc(-c6cccc7ccccc67)n5)c4)c3c2)c([2H])c1[2H]. The van der Waals surface area contributed by atoms with Gasteiger partial charge in [-0.1, -0.05) is 133 Å². The predicted molar refractivity (Wildman–Crippen MR) is 226 cm³/mol. The molecule has 8 aromatic carbocycles. The number of aromatic nitrogens is 4. The molecule has 0 aliphatic heterocycles. The first-order valence-electron chi connectivity index (χ1n) is 21.9. The van der Waals surface area contributed by atoms with Crippen LogP contribution >= 0.6 is 11.3 Å². The van der Waals surface area contributed by atoms with E-state index in [4.69, 9.17) is 27.3 Å². The Morgan fingerprint density at radius 3 is 2.04 bits per heavy atom. The molecule has 5 heteroatoms. The molecular weight excluding hydrogens is 677 g/mol. The second-order valence-electron chi connectivity index (χ2n) is 13.0. The molecule has 3 heterocycles. The van der Waals surface area contributed by atoms with Crippen molar-refractivity contribution in [1.29, 1.82) is 0 Å². The Kier molecular flexibility index (Phi) is 5.22. The van der Waals surface area contributed by atoms with Gasteiger partial charge >= 0.3 is 0 Å². The van der Waals surface area contributed by atoms with Gasteiger partial charge in [-0.2, -0.15) is 0 Å². The van der Waals surface area contributed by atoms with Crippen LogP contribution < -0.4 is 0 Å². The van der Waals surface area contributed by atoms with Crippen LogP contribution in [-0.2, 0) is 0 Å². The van der Waals surface area contributed by atoms with Crippen molar-refractivity contribution in [3.8, 4) is 51.0 Å². The molecule has 11 aromatic rings. The monoisotopic (exact) mass is 715 g/mol. The molecule has 0 amide bonds. The standard InChI is InChI=1S/C49H30N4S/c1-2-12-31(13-3-1)33-24-26-39-38-19-6-8-22-43(38)53(44(39)30-33)36-17-10-16-34(28-36)47-50-48(35-25-27-46-42(29-35)40-20-7-9-23-45(40)54-46)52-49(51-47)41-21-11-15-32-14-4-5-18-37(32)41/h1-30H/i1D,2D,3D,6D,8D,12D,13D,19D,22D. The van der Waals surface area contributed by atoms with E-state index in [1.807, 2.05) is 84.9 Å². The van der Waals surface area contributed by atoms with Crippen molar-refractivity contribution in [2.75, 3.05) is 0 Å². The Labute approximate surface area is 327 Å². The third-order valence-corrected chi connectivity index (χ3v) is 11.0. The van der Waals surface area contributed by atoms with E-state index in [1.54, 1.807) is 34.1 Å². The second-order valence-corrected chi connectivity index (χ2v) is 14.1. The van der Waals surface area contributed by atoms with E-state index < -0.39 is 24.2 Å². The fourth-order valence-electron chi connectivity index (χ4n) is 7.36. The van der Waals surface area contributed by atoms with Gasteiger partial charge in [0.05, 0.1) is 23.4 Å². The molecule has 0 atom stereocenters. The Morgan fingerprint density at radius 1 is 0.426 bits per heavy atom. The number of thiophene rings is 1. The fraction of sp³-hybridized carbons (Fsp3) is 0. The van der Waals surface area contributed by atoms with Gasteiger partial charge in [0.2, 0.25) is 0 Å². The topological polar surface area (TPSA) is 43.6 Å². The highest BCUT2D eigenvalue weighted by molar-refractivity contribution is 7.25. The second kappa shape index (κ2) is 12.3. The van der Waals surface area contributed by atoms with Crippen molar-refractivity contribution in [3.63, 3.8) is 0 Å². The largest absolute Gasteiger partial charge is 0.309 e. The van der Waals surface area contributed by atoms with Crippen LogP contribution in [-0.4, -0.2) is 19.5 Å². The van der Waals surface area contributed by atoms with E-state index >= 15 is 0 Å². The number of nitrogens with zero attached hydrogens (tertiary/aromatic N) is 4. The smallest absolute Gasteiger partial charge is 0.164 e. The molecular formula is C49H30N4S. The van der Waals surface area contributed by atoms with Crippen molar-refractivity contribution < 1.29 is 12.3 Å². The first-order chi connectivity index (χ1) is 30.5. The third kappa shape index (κ3) is 5.01. The van der Waals surface area contributed by atoms with E-state index in [9.17, 15) is 0 Å². The lowest BCUT2D eigenvalue weighted by Crippen LogP contribution is -2.01. The summed E-state index contributed by atoms with van der Waals surface area (Å²) in [5.74, 6) is 1.32. The van der Waals surface area contributed by atoms with Gasteiger partial charge in [0.25, 0.3) is 0 Å². The minimum absolute atomic E-state index is 0.000305. The van der Waals surface area contributed by atoms with E-state index in [0.29, 0.717) is 45.2 Å². The van der Waals surface area contributed by atoms with Crippen molar-refractivity contribution in [1.82, 2.24) is 19.5 Å². The lowest BCUT2D eigenvalue weighted by Gasteiger charge is -2.13. The molecule has 0 bridgehead atoms. The molecule has 54 heavy (non-hydrogen) atoms. The van der Waals surface area contributed by atoms with Gasteiger partial charge < -0.3 is 4.57 Å². The summed E-state index contributed by atoms with van der Waals surface area (Å²) in [5.41, 5.74) is 3.76. The van der Waals surface area contributed by atoms with Crippen molar-refractivity contribution in [3.05, 3.63) is 182 Å². The highest BCUT2D eigenvalue weighted by Gasteiger charge is 2.18. The summed E-state index contributed by atoms with van der Waals surface area (Å²) in [4.78, 5) is 15.3. The minimum atomic E-state index is -0.505. The van der Waals surface area contributed by atoms with E-state index in [-0.39, 0.29) is 46.7 Å². The number of para-hydroxylation sites is 1. The maximum absolute atomic E-state index is 9.17. The normalized spacial score (nSPS) is 14.0. The molecule has 0 aliphatic rings. The molecule has 0 fully saturated rings. The Balaban J connectivity index is 1.16. The van der Waals surface area contributed by atoms with Gasteiger partial charge in [0.1, 0.15) is 0 Å². The molecule has 0 saturated heterocycles. The molecule has 4 nitrogen and oxygen atoms in total. The molecule has 0 aliphatic carbocycles. The van der Waals surface area contributed by atoms with Crippen LogP contribution in [0.4, 0.5) is 0 Å². The van der Waals surface area contributed by atoms with Crippen LogP contribution in [0.5, 0.6) is 0 Å². The zero-order chi connectivity index (χ0) is 43.4. The van der Waals surface area contributed by atoms with Crippen molar-refractivity contribution in [2.45, 2.75) is 0 Å². The molecule has 0 radical (unpaired) electrons. The summed E-state index contributed by atoms with van der Waals surface area (Å²) < 4.78 is 81.8. The van der Waals surface area contributed by atoms with Crippen molar-refractivity contribution in [2.24, 2.45) is 0 Å². The lowest BCUT2D eigenvalue weighted by molar-refractivity contribution is 1.07. The predicted octanol–water partition coefficient (Wildman–Crippen LogP) is 13.2. The Bertz CT molecular complexity index is 3730. The third-order valence-electron chi connectivity index (χ3n) is 9.85. The average molecular weight is 716 g/mol. The van der Waals surface area contributed by atoms with Gasteiger partial charge in [-0.3, -0.25) is 0 Å². The van der Waals surface area contributed by atoms with Gasteiger partial charge in [0.15, 0.2) is 17.5 Å². The van der Waals surface area contributed by atoms with Crippen molar-refractivity contribution >= 4 is 64.1 Å². The van der Waals surface area contributed by atoms with E-state index in [2.05, 4.69) is 24.3 Å². The maximum Gasteiger partial charge on any atom is 0.164 e. The first-order valence-corrected chi connectivity index (χ1v) is 18.2. The molecule has 0 unspecified atom stereocenters. The zero-order valence-corrected chi connectivity index (χ0v) is 29.1. The van der Waals surface area contributed by atoms with Gasteiger partial charge in [-0.05, 0) is 70.4 Å². The fourth-order valence-corrected chi connectivity index (χ4v) is 8.45. The lowest BCUT2D eigenvalue weighted by atomic mass is 10.0. The van der Waals surface area contributed by atoms with Gasteiger partial charge in [-0.25, -0.2) is 15.0 Å². The summed E-state index contributed by atoms with van der Waals surface area (Å²) in [5, 5.41) is 5.04. The number of rotatable bonds is 5. The maximum atomic E-state index is 9.17. The molecule has 3 aromatic heterocycles. The first kappa shape index (κ1) is 22.9. The summed E-state index contributed by atoms with van der Waals surface area (Å²) in [7, 11) is 0.